The molecule has 0 saturated carbocycles. The van der Waals surface area contributed by atoms with Gasteiger partial charge in [-0.25, -0.2) is 4.79 Å². The second kappa shape index (κ2) is 10.3. The predicted molar refractivity (Wildman–Crippen MR) is 118 cm³/mol. The number of H-pyrrole nitrogens is 1. The van der Waals surface area contributed by atoms with Crippen molar-refractivity contribution in [2.24, 2.45) is 0 Å². The van der Waals surface area contributed by atoms with Crippen LogP contribution in [0.5, 0.6) is 5.75 Å². The minimum absolute atomic E-state index is 0.107. The molecule has 0 unspecified atom stereocenters. The van der Waals surface area contributed by atoms with Crippen molar-refractivity contribution in [1.82, 2.24) is 15.5 Å². The van der Waals surface area contributed by atoms with Gasteiger partial charge in [-0.3, -0.25) is 5.10 Å². The third-order valence-electron chi connectivity index (χ3n) is 4.73. The van der Waals surface area contributed by atoms with E-state index >= 15 is 0 Å². The monoisotopic (exact) mass is 409 g/mol. The van der Waals surface area contributed by atoms with Gasteiger partial charge in [0.05, 0.1) is 24.7 Å². The summed E-state index contributed by atoms with van der Waals surface area (Å²) in [6.07, 6.45) is 4.20. The largest absolute Gasteiger partial charge is 0.497 e. The van der Waals surface area contributed by atoms with Crippen molar-refractivity contribution < 1.29 is 14.6 Å². The third kappa shape index (κ3) is 5.51. The Kier molecular flexibility index (Phi) is 7.29. The number of methoxy groups -OCH3 is 1. The number of carbonyl (C=O) groups excluding carboxylic acids is 1. The van der Waals surface area contributed by atoms with Crippen molar-refractivity contribution in [1.29, 1.82) is 0 Å². The Hall–Kier alpha value is -3.52. The third-order valence-corrected chi connectivity index (χ3v) is 4.73. The summed E-state index contributed by atoms with van der Waals surface area (Å²) in [7, 11) is 3.55. The van der Waals surface area contributed by atoms with E-state index in [1.165, 1.54) is 0 Å². The molecule has 1 aromatic heterocycles. The first-order chi connectivity index (χ1) is 14.6. The molecule has 8 nitrogen and oxygen atoms in total. The van der Waals surface area contributed by atoms with Crippen LogP contribution in [0.3, 0.4) is 0 Å². The van der Waals surface area contributed by atoms with Gasteiger partial charge < -0.3 is 25.4 Å². The smallest absolute Gasteiger partial charge is 0.319 e. The van der Waals surface area contributed by atoms with E-state index in [2.05, 4.69) is 20.8 Å². The van der Waals surface area contributed by atoms with Crippen molar-refractivity contribution in [2.75, 3.05) is 37.5 Å². The number of benzene rings is 2. The second-order valence-corrected chi connectivity index (χ2v) is 6.88. The number of hydrogen-bond acceptors (Lipinski definition) is 5. The van der Waals surface area contributed by atoms with Crippen LogP contribution in [0.1, 0.15) is 12.0 Å². The van der Waals surface area contributed by atoms with E-state index in [0.717, 1.165) is 28.1 Å². The molecule has 2 aromatic carbocycles. The molecule has 0 aliphatic heterocycles. The number of aromatic amines is 1. The van der Waals surface area contributed by atoms with Gasteiger partial charge in [-0.05, 0) is 41.8 Å². The summed E-state index contributed by atoms with van der Waals surface area (Å²) < 4.78 is 5.22. The molecule has 0 fully saturated rings. The Labute approximate surface area is 175 Å². The summed E-state index contributed by atoms with van der Waals surface area (Å²) in [6.45, 7) is 1.15. The van der Waals surface area contributed by atoms with Gasteiger partial charge in [0.25, 0.3) is 0 Å². The van der Waals surface area contributed by atoms with E-state index in [4.69, 9.17) is 9.84 Å². The van der Waals surface area contributed by atoms with Crippen molar-refractivity contribution in [2.45, 2.75) is 13.0 Å². The minimum atomic E-state index is -0.300. The molecule has 4 N–H and O–H groups in total. The predicted octanol–water partition coefficient (Wildman–Crippen LogP) is 3.23. The number of urea groups is 1. The molecule has 2 amide bonds. The summed E-state index contributed by atoms with van der Waals surface area (Å²) in [5.74, 6) is 0.748. The lowest BCUT2D eigenvalue weighted by Gasteiger charge is -2.23. The fourth-order valence-corrected chi connectivity index (χ4v) is 3.10. The van der Waals surface area contributed by atoms with Crippen LogP contribution in [0.2, 0.25) is 0 Å². The standard InChI is InChI=1S/C22H27N5O3/c1-27(9-4-10-28)21-12-17(18-14-24-25-15-18)7-8-20(21)26-22(29)23-13-16-5-3-6-19(11-16)30-2/h3,5-8,11-12,14-15,28H,4,9-10,13H2,1-2H3,(H,24,25)(H2,23,26,29). The van der Waals surface area contributed by atoms with Crippen LogP contribution < -0.4 is 20.3 Å². The fourth-order valence-electron chi connectivity index (χ4n) is 3.10. The zero-order valence-electron chi connectivity index (χ0n) is 17.2. The highest BCUT2D eigenvalue weighted by Crippen LogP contribution is 2.31. The first kappa shape index (κ1) is 21.2. The molecule has 0 radical (unpaired) electrons. The van der Waals surface area contributed by atoms with Gasteiger partial charge in [0.15, 0.2) is 0 Å². The molecule has 3 aromatic rings. The average molecular weight is 409 g/mol. The Morgan fingerprint density at radius 1 is 1.23 bits per heavy atom. The van der Waals surface area contributed by atoms with Crippen LogP contribution >= 0.6 is 0 Å². The number of anilines is 2. The molecule has 158 valence electrons. The Morgan fingerprint density at radius 3 is 2.83 bits per heavy atom. The van der Waals surface area contributed by atoms with E-state index in [9.17, 15) is 4.79 Å². The first-order valence-corrected chi connectivity index (χ1v) is 9.73. The number of aliphatic hydroxyl groups is 1. The maximum absolute atomic E-state index is 12.5. The summed E-state index contributed by atoms with van der Waals surface area (Å²) in [6, 6.07) is 13.1. The number of ether oxygens (including phenoxy) is 1. The highest BCUT2D eigenvalue weighted by molar-refractivity contribution is 5.94. The van der Waals surface area contributed by atoms with Crippen LogP contribution in [0, 0.1) is 0 Å². The Bertz CT molecular complexity index is 959. The second-order valence-electron chi connectivity index (χ2n) is 6.88. The molecule has 1 heterocycles. The minimum Gasteiger partial charge on any atom is -0.497 e. The molecule has 0 saturated heterocycles. The molecule has 0 spiro atoms. The quantitative estimate of drug-likeness (QED) is 0.435. The van der Waals surface area contributed by atoms with Gasteiger partial charge in [-0.15, -0.1) is 0 Å². The zero-order valence-corrected chi connectivity index (χ0v) is 17.2. The Morgan fingerprint density at radius 2 is 2.10 bits per heavy atom. The maximum atomic E-state index is 12.5. The van der Waals surface area contributed by atoms with Gasteiger partial charge in [-0.2, -0.15) is 5.10 Å². The van der Waals surface area contributed by atoms with E-state index in [0.29, 0.717) is 25.2 Å². The van der Waals surface area contributed by atoms with E-state index < -0.39 is 0 Å². The number of rotatable bonds is 9. The van der Waals surface area contributed by atoms with Gasteiger partial charge >= 0.3 is 6.03 Å². The number of carbonyl (C=O) groups is 1. The number of nitrogens with one attached hydrogen (secondary N) is 3. The molecule has 0 bridgehead atoms. The summed E-state index contributed by atoms with van der Waals surface area (Å²) >= 11 is 0. The highest BCUT2D eigenvalue weighted by Gasteiger charge is 2.13. The van der Waals surface area contributed by atoms with Gasteiger partial charge in [-0.1, -0.05) is 18.2 Å². The first-order valence-electron chi connectivity index (χ1n) is 9.73. The van der Waals surface area contributed by atoms with Gasteiger partial charge in [0.2, 0.25) is 0 Å². The van der Waals surface area contributed by atoms with E-state index in [-0.39, 0.29) is 12.6 Å². The zero-order chi connectivity index (χ0) is 21.3. The maximum Gasteiger partial charge on any atom is 0.319 e. The molecule has 0 aliphatic rings. The lowest BCUT2D eigenvalue weighted by molar-refractivity contribution is 0.251. The summed E-state index contributed by atoms with van der Waals surface area (Å²) in [4.78, 5) is 14.5. The lowest BCUT2D eigenvalue weighted by atomic mass is 10.1. The van der Waals surface area contributed by atoms with Crippen molar-refractivity contribution in [3.05, 3.63) is 60.4 Å². The number of hydrogen-bond donors (Lipinski definition) is 4. The lowest BCUT2D eigenvalue weighted by Crippen LogP contribution is -2.29. The average Bonchev–Trinajstić information content (AvgIpc) is 3.31. The highest BCUT2D eigenvalue weighted by atomic mass is 16.5. The Balaban J connectivity index is 1.73. The van der Waals surface area contributed by atoms with Crippen LogP contribution in [0.15, 0.2) is 54.9 Å². The van der Waals surface area contributed by atoms with Crippen LogP contribution in [-0.4, -0.2) is 48.6 Å². The molecular weight excluding hydrogens is 382 g/mol. The SMILES string of the molecule is COc1cccc(CNC(=O)Nc2ccc(-c3cn[nH]c3)cc2N(C)CCCO)c1. The summed E-state index contributed by atoms with van der Waals surface area (Å²) in [5.41, 5.74) is 4.43. The van der Waals surface area contributed by atoms with Crippen molar-refractivity contribution in [3.63, 3.8) is 0 Å². The molecule has 30 heavy (non-hydrogen) atoms. The van der Waals surface area contributed by atoms with E-state index in [1.807, 2.05) is 60.6 Å². The van der Waals surface area contributed by atoms with Crippen molar-refractivity contribution >= 4 is 17.4 Å². The van der Waals surface area contributed by atoms with E-state index in [1.54, 1.807) is 13.3 Å². The molecule has 8 heteroatoms. The van der Waals surface area contributed by atoms with Crippen LogP contribution in [-0.2, 0) is 6.54 Å². The molecule has 0 aliphatic carbocycles. The van der Waals surface area contributed by atoms with Gasteiger partial charge in [0.1, 0.15) is 5.75 Å². The summed E-state index contributed by atoms with van der Waals surface area (Å²) in [5, 5.41) is 21.8. The topological polar surface area (TPSA) is 103 Å². The number of amides is 2. The van der Waals surface area contributed by atoms with Gasteiger partial charge in [0, 0.05) is 38.5 Å². The fraction of sp³-hybridized carbons (Fsp3) is 0.273. The molecular formula is C22H27N5O3. The van der Waals surface area contributed by atoms with Crippen molar-refractivity contribution in [3.8, 4) is 16.9 Å². The number of aromatic nitrogens is 2. The number of nitrogens with zero attached hydrogens (tertiary/aromatic N) is 2. The van der Waals surface area contributed by atoms with Crippen LogP contribution in [0.4, 0.5) is 16.2 Å². The molecule has 0 atom stereocenters. The number of aliphatic hydroxyl groups excluding tert-OH is 1. The normalized spacial score (nSPS) is 10.5. The molecule has 3 rings (SSSR count). The van der Waals surface area contributed by atoms with Crippen LogP contribution in [0.25, 0.3) is 11.1 Å².